The highest BCUT2D eigenvalue weighted by Gasteiger charge is 2.47. The Morgan fingerprint density at radius 2 is 1.75 bits per heavy atom. The lowest BCUT2D eigenvalue weighted by atomic mass is 9.77. The van der Waals surface area contributed by atoms with Crippen LogP contribution in [0.15, 0.2) is 0 Å². The van der Waals surface area contributed by atoms with Gasteiger partial charge in [0.1, 0.15) is 5.69 Å². The molecule has 0 saturated heterocycles. The van der Waals surface area contributed by atoms with E-state index in [9.17, 15) is 4.79 Å². The second kappa shape index (κ2) is 7.50. The lowest BCUT2D eigenvalue weighted by Gasteiger charge is -2.28. The number of carbonyl (C=O) groups is 1. The first-order valence-electron chi connectivity index (χ1n) is 7.41. The maximum atomic E-state index is 15.1. The van der Waals surface area contributed by atoms with Crippen LogP contribution in [-0.2, 0) is 16.9 Å². The quantitative estimate of drug-likeness (QED) is 0.890. The van der Waals surface area contributed by atoms with Crippen molar-refractivity contribution >= 4 is 5.78 Å². The normalized spacial score (nSPS) is 14.2. The summed E-state index contributed by atoms with van der Waals surface area (Å²) in [5, 5.41) is 10.3. The zero-order valence-electron chi connectivity index (χ0n) is 13.8. The van der Waals surface area contributed by atoms with E-state index in [1.807, 2.05) is 20.8 Å². The van der Waals surface area contributed by atoms with E-state index in [1.165, 1.54) is 0 Å². The monoisotopic (exact) mass is 285 g/mol. The van der Waals surface area contributed by atoms with Gasteiger partial charge in [-0.15, -0.1) is 0 Å². The molecule has 0 saturated carbocycles. The number of rotatable bonds is 5. The molecular weight excluding hydrogens is 257 g/mol. The predicted octanol–water partition coefficient (Wildman–Crippen LogP) is 3.97. The minimum atomic E-state index is -2.05. The largest absolute Gasteiger partial charge is 0.295 e. The van der Waals surface area contributed by atoms with Crippen LogP contribution >= 0.6 is 0 Å². The molecular formula is C15H28FN3O. The average Bonchev–Trinajstić information content (AvgIpc) is 2.87. The van der Waals surface area contributed by atoms with E-state index < -0.39 is 16.9 Å². The first-order valence-corrected chi connectivity index (χ1v) is 7.41. The number of aryl methyl sites for hydroxylation is 1. The zero-order chi connectivity index (χ0) is 16.0. The Morgan fingerprint density at radius 3 is 2.15 bits per heavy atom. The Balaban J connectivity index is 0.00000172. The van der Waals surface area contributed by atoms with Crippen LogP contribution < -0.4 is 0 Å². The van der Waals surface area contributed by atoms with Gasteiger partial charge in [0.15, 0.2) is 5.78 Å². The number of aromatic amines is 1. The number of halogens is 1. The van der Waals surface area contributed by atoms with Crippen molar-refractivity contribution in [1.82, 2.24) is 15.4 Å². The molecule has 1 aromatic heterocycles. The fourth-order valence-electron chi connectivity index (χ4n) is 2.01. The predicted molar refractivity (Wildman–Crippen MR) is 79.3 cm³/mol. The molecule has 5 heteroatoms. The van der Waals surface area contributed by atoms with Crippen LogP contribution in [0, 0.1) is 5.41 Å². The van der Waals surface area contributed by atoms with E-state index in [1.54, 1.807) is 27.7 Å². The fraction of sp³-hybridized carbons (Fsp3) is 0.800. The molecule has 1 rings (SSSR count). The van der Waals surface area contributed by atoms with Crippen LogP contribution in [-0.4, -0.2) is 21.2 Å². The molecule has 1 heterocycles. The lowest BCUT2D eigenvalue weighted by molar-refractivity contribution is -0.140. The van der Waals surface area contributed by atoms with E-state index >= 15 is 4.39 Å². The third kappa shape index (κ3) is 3.87. The smallest absolute Gasteiger partial charge is 0.214 e. The van der Waals surface area contributed by atoms with Gasteiger partial charge in [-0.2, -0.15) is 15.4 Å². The average molecular weight is 285 g/mol. The third-order valence-corrected chi connectivity index (χ3v) is 3.01. The maximum absolute atomic E-state index is 15.1. The van der Waals surface area contributed by atoms with E-state index in [0.29, 0.717) is 12.1 Å². The van der Waals surface area contributed by atoms with Gasteiger partial charge in [-0.05, 0) is 12.8 Å². The molecule has 0 bridgehead atoms. The highest BCUT2D eigenvalue weighted by Crippen LogP contribution is 2.37. The molecule has 0 aliphatic carbocycles. The lowest BCUT2D eigenvalue weighted by Crippen LogP contribution is -2.40. The fourth-order valence-corrected chi connectivity index (χ4v) is 2.01. The van der Waals surface area contributed by atoms with Gasteiger partial charge in [0.25, 0.3) is 0 Å². The molecule has 0 aliphatic heterocycles. The van der Waals surface area contributed by atoms with Gasteiger partial charge >= 0.3 is 0 Å². The summed E-state index contributed by atoms with van der Waals surface area (Å²) < 4.78 is 15.1. The summed E-state index contributed by atoms with van der Waals surface area (Å²) in [4.78, 5) is 12.3. The topological polar surface area (TPSA) is 58.6 Å². The first-order chi connectivity index (χ1) is 9.27. The summed E-state index contributed by atoms with van der Waals surface area (Å²) in [6, 6.07) is 0. The molecule has 1 atom stereocenters. The van der Waals surface area contributed by atoms with Crippen LogP contribution in [0.3, 0.4) is 0 Å². The van der Waals surface area contributed by atoms with E-state index in [2.05, 4.69) is 15.4 Å². The summed E-state index contributed by atoms with van der Waals surface area (Å²) >= 11 is 0. The van der Waals surface area contributed by atoms with E-state index in [0.717, 1.165) is 6.42 Å². The highest BCUT2D eigenvalue weighted by atomic mass is 19.1. The van der Waals surface area contributed by atoms with Crippen molar-refractivity contribution in [2.45, 2.75) is 73.4 Å². The summed E-state index contributed by atoms with van der Waals surface area (Å²) in [6.07, 6.45) is 1.53. The Labute approximate surface area is 121 Å². The molecule has 0 amide bonds. The van der Waals surface area contributed by atoms with Gasteiger partial charge in [-0.1, -0.05) is 54.9 Å². The van der Waals surface area contributed by atoms with Crippen molar-refractivity contribution in [3.8, 4) is 0 Å². The number of aromatic nitrogens is 3. The number of hydrogen-bond acceptors (Lipinski definition) is 3. The molecule has 1 unspecified atom stereocenters. The summed E-state index contributed by atoms with van der Waals surface area (Å²) in [5.74, 6) is -0.441. The minimum Gasteiger partial charge on any atom is -0.295 e. The van der Waals surface area contributed by atoms with Crippen molar-refractivity contribution in [1.29, 1.82) is 0 Å². The number of alkyl halides is 1. The molecule has 116 valence electrons. The summed E-state index contributed by atoms with van der Waals surface area (Å²) in [6.45, 7) is 12.8. The molecule has 0 fully saturated rings. The zero-order valence-corrected chi connectivity index (χ0v) is 13.8. The Morgan fingerprint density at radius 1 is 1.20 bits per heavy atom. The van der Waals surface area contributed by atoms with Gasteiger partial charge in [0.2, 0.25) is 5.67 Å². The van der Waals surface area contributed by atoms with Crippen molar-refractivity contribution < 1.29 is 9.18 Å². The van der Waals surface area contributed by atoms with Crippen LogP contribution in [0.2, 0.25) is 0 Å². The molecule has 0 aliphatic rings. The van der Waals surface area contributed by atoms with Crippen molar-refractivity contribution in [2.75, 3.05) is 0 Å². The Hall–Kier alpha value is -1.26. The molecule has 20 heavy (non-hydrogen) atoms. The number of Topliss-reactive ketones (excluding diaryl/α,β-unsaturated/α-hetero) is 1. The third-order valence-electron chi connectivity index (χ3n) is 3.01. The van der Waals surface area contributed by atoms with Crippen LogP contribution in [0.1, 0.15) is 72.7 Å². The first kappa shape index (κ1) is 18.7. The second-order valence-electron chi connectivity index (χ2n) is 5.60. The SMILES string of the molecule is CC.CCCc1n[nH]nc1C(F)(CC)C(=O)C(C)(C)C. The van der Waals surface area contributed by atoms with Gasteiger partial charge in [-0.3, -0.25) is 4.79 Å². The summed E-state index contributed by atoms with van der Waals surface area (Å²) in [7, 11) is 0. The van der Waals surface area contributed by atoms with Gasteiger partial charge in [0.05, 0.1) is 5.69 Å². The van der Waals surface area contributed by atoms with Crippen LogP contribution in [0.25, 0.3) is 0 Å². The second-order valence-corrected chi connectivity index (χ2v) is 5.60. The van der Waals surface area contributed by atoms with E-state index in [-0.39, 0.29) is 12.1 Å². The van der Waals surface area contributed by atoms with Crippen LogP contribution in [0.4, 0.5) is 4.39 Å². The standard InChI is InChI=1S/C13H22FN3O.C2H6/c1-6-8-9-10(16-17-15-9)13(14,7-2)11(18)12(3,4)5;1-2/h6-8H2,1-5H3,(H,15,16,17);1-2H3. The number of carbonyl (C=O) groups excluding carboxylic acids is 1. The number of nitrogens with one attached hydrogen (secondary N) is 1. The molecule has 0 spiro atoms. The molecule has 1 aromatic rings. The summed E-state index contributed by atoms with van der Waals surface area (Å²) in [5.41, 5.74) is -2.07. The van der Waals surface area contributed by atoms with Crippen molar-refractivity contribution in [3.05, 3.63) is 11.4 Å². The van der Waals surface area contributed by atoms with Crippen molar-refractivity contribution in [2.24, 2.45) is 5.41 Å². The Kier molecular flexibility index (Phi) is 7.03. The number of ketones is 1. The maximum Gasteiger partial charge on any atom is 0.214 e. The molecule has 0 aromatic carbocycles. The molecule has 4 nitrogen and oxygen atoms in total. The minimum absolute atomic E-state index is 0.0757. The van der Waals surface area contributed by atoms with Crippen molar-refractivity contribution in [3.63, 3.8) is 0 Å². The molecule has 0 radical (unpaired) electrons. The van der Waals surface area contributed by atoms with Gasteiger partial charge in [-0.25, -0.2) is 4.39 Å². The number of nitrogens with zero attached hydrogens (tertiary/aromatic N) is 2. The Bertz CT molecular complexity index is 423. The number of hydrogen-bond donors (Lipinski definition) is 1. The molecule has 1 N–H and O–H groups in total. The van der Waals surface area contributed by atoms with Gasteiger partial charge < -0.3 is 0 Å². The van der Waals surface area contributed by atoms with Gasteiger partial charge in [0, 0.05) is 5.41 Å². The van der Waals surface area contributed by atoms with Crippen LogP contribution in [0.5, 0.6) is 0 Å². The van der Waals surface area contributed by atoms with E-state index in [4.69, 9.17) is 0 Å². The highest BCUT2D eigenvalue weighted by molar-refractivity contribution is 5.92. The number of H-pyrrole nitrogens is 1.